The number of pyridine rings is 1. The number of nitrogens with zero attached hydrogens (tertiary/aromatic N) is 3. The molecule has 29 heavy (non-hydrogen) atoms. The van der Waals surface area contributed by atoms with Gasteiger partial charge in [-0.25, -0.2) is 18.3 Å². The Bertz CT molecular complexity index is 1240. The van der Waals surface area contributed by atoms with Crippen LogP contribution in [-0.2, 0) is 21.2 Å². The molecule has 152 valence electrons. The van der Waals surface area contributed by atoms with E-state index in [1.165, 1.54) is 17.9 Å². The average Bonchev–Trinajstić information content (AvgIpc) is 2.68. The van der Waals surface area contributed by atoms with Gasteiger partial charge in [0.15, 0.2) is 9.84 Å². The van der Waals surface area contributed by atoms with Crippen LogP contribution in [0.1, 0.15) is 6.42 Å². The second-order valence-corrected chi connectivity index (χ2v) is 8.64. The second-order valence-electron chi connectivity index (χ2n) is 6.41. The number of aryl methyl sites for hydroxylation is 1. The van der Waals surface area contributed by atoms with Crippen molar-refractivity contribution in [2.45, 2.75) is 18.2 Å². The first-order chi connectivity index (χ1) is 13.7. The van der Waals surface area contributed by atoms with Crippen LogP contribution >= 0.6 is 0 Å². The molecular weight excluding hydrogens is 403 g/mol. The Kier molecular flexibility index (Phi) is 5.71. The molecule has 0 radical (unpaired) electrons. The molecule has 0 saturated carbocycles. The van der Waals surface area contributed by atoms with Gasteiger partial charge in [-0.2, -0.15) is 0 Å². The molecule has 0 aliphatic carbocycles. The maximum atomic E-state index is 14.7. The summed E-state index contributed by atoms with van der Waals surface area (Å²) >= 11 is 0. The summed E-state index contributed by atoms with van der Waals surface area (Å²) in [5, 5.41) is 7.13. The minimum Gasteiger partial charge on any atom is -0.312 e. The molecule has 1 atom stereocenters. The summed E-state index contributed by atoms with van der Waals surface area (Å²) in [4.78, 5) is 32.2. The van der Waals surface area contributed by atoms with E-state index in [2.05, 4.69) is 9.97 Å². The molecule has 3 rings (SSSR count). The molecule has 2 N–H and O–H groups in total. The molecule has 0 bridgehead atoms. The highest BCUT2D eigenvalue weighted by molar-refractivity contribution is 7.92. The molecule has 3 aromatic rings. The van der Waals surface area contributed by atoms with Gasteiger partial charge in [0.2, 0.25) is 0 Å². The number of aromatic nitrogens is 3. The van der Waals surface area contributed by atoms with E-state index in [0.29, 0.717) is 16.6 Å². The van der Waals surface area contributed by atoms with Crippen molar-refractivity contribution in [3.63, 3.8) is 0 Å². The molecule has 1 aromatic carbocycles. The molecule has 0 aliphatic heterocycles. The van der Waals surface area contributed by atoms with Crippen LogP contribution in [0.15, 0.2) is 47.7 Å². The van der Waals surface area contributed by atoms with Crippen molar-refractivity contribution in [2.75, 3.05) is 6.26 Å². The Labute approximate surface area is 164 Å². The first-order valence-electron chi connectivity index (χ1n) is 8.44. The zero-order valence-electron chi connectivity index (χ0n) is 15.2. The molecule has 2 aromatic heterocycles. The first kappa shape index (κ1) is 20.6. The zero-order valence-corrected chi connectivity index (χ0v) is 16.1. The largest absolute Gasteiger partial charge is 0.312 e. The highest BCUT2D eigenvalue weighted by Gasteiger charge is 2.28. The third kappa shape index (κ3) is 4.46. The van der Waals surface area contributed by atoms with Crippen LogP contribution < -0.4 is 11.0 Å². The van der Waals surface area contributed by atoms with Crippen LogP contribution in [0.25, 0.3) is 22.2 Å². The quantitative estimate of drug-likeness (QED) is 0.447. The van der Waals surface area contributed by atoms with Gasteiger partial charge in [0, 0.05) is 43.0 Å². The van der Waals surface area contributed by atoms with Crippen molar-refractivity contribution >= 4 is 26.8 Å². The molecule has 0 saturated heterocycles. The number of fused-ring (bicyclic) bond motifs is 1. The predicted octanol–water partition coefficient (Wildman–Crippen LogP) is 0.906. The zero-order chi connectivity index (χ0) is 21.2. The fourth-order valence-electron chi connectivity index (χ4n) is 2.94. The summed E-state index contributed by atoms with van der Waals surface area (Å²) in [7, 11) is -3.84. The number of benzene rings is 1. The normalized spacial score (nSPS) is 12.7. The molecule has 0 aliphatic rings. The summed E-state index contributed by atoms with van der Waals surface area (Å²) in [6.07, 6.45) is 4.51. The number of sulfone groups is 1. The van der Waals surface area contributed by atoms with E-state index < -0.39 is 32.4 Å². The number of carbonyl (C=O) groups excluding carboxylic acids is 1. The Balaban J connectivity index is 1.91. The molecule has 9 nitrogen and oxygen atoms in total. The molecule has 1 unspecified atom stereocenters. The predicted molar refractivity (Wildman–Crippen MR) is 102 cm³/mol. The van der Waals surface area contributed by atoms with Crippen molar-refractivity contribution in [2.24, 2.45) is 0 Å². The van der Waals surface area contributed by atoms with E-state index in [0.717, 1.165) is 23.1 Å². The topological polar surface area (TPSA) is 131 Å². The van der Waals surface area contributed by atoms with Gasteiger partial charge in [-0.3, -0.25) is 24.8 Å². The van der Waals surface area contributed by atoms with Crippen LogP contribution in [0.4, 0.5) is 4.39 Å². The number of halogens is 1. The maximum absolute atomic E-state index is 14.7. The fraction of sp³-hybridized carbons (Fsp3) is 0.222. The van der Waals surface area contributed by atoms with Crippen molar-refractivity contribution in [1.29, 1.82) is 0 Å². The maximum Gasteiger partial charge on any atom is 0.261 e. The molecule has 11 heteroatoms. The minimum atomic E-state index is -3.84. The number of hydroxylamine groups is 1. The van der Waals surface area contributed by atoms with Crippen LogP contribution in [0, 0.1) is 5.82 Å². The summed E-state index contributed by atoms with van der Waals surface area (Å²) in [5.41, 5.74) is 2.38. The minimum absolute atomic E-state index is 0.0616. The molecule has 2 heterocycles. The average molecular weight is 420 g/mol. The lowest BCUT2D eigenvalue weighted by Gasteiger charge is -2.14. The summed E-state index contributed by atoms with van der Waals surface area (Å²) in [5.74, 6) is -1.81. The van der Waals surface area contributed by atoms with E-state index in [1.807, 2.05) is 0 Å². The van der Waals surface area contributed by atoms with E-state index in [-0.39, 0.29) is 18.5 Å². The van der Waals surface area contributed by atoms with Crippen LogP contribution in [0.2, 0.25) is 0 Å². The van der Waals surface area contributed by atoms with Gasteiger partial charge in [-0.1, -0.05) is 6.07 Å². The Morgan fingerprint density at radius 2 is 1.93 bits per heavy atom. The van der Waals surface area contributed by atoms with E-state index in [1.54, 1.807) is 18.2 Å². The third-order valence-corrected chi connectivity index (χ3v) is 5.89. The van der Waals surface area contributed by atoms with Gasteiger partial charge in [0.05, 0.1) is 11.0 Å². The van der Waals surface area contributed by atoms with Crippen LogP contribution in [-0.4, -0.2) is 45.6 Å². The lowest BCUT2D eigenvalue weighted by Crippen LogP contribution is -2.39. The number of carbonyl (C=O) groups is 1. The van der Waals surface area contributed by atoms with Crippen molar-refractivity contribution < 1.29 is 22.8 Å². The Morgan fingerprint density at radius 1 is 1.24 bits per heavy atom. The summed E-state index contributed by atoms with van der Waals surface area (Å²) in [6, 6.07) is 5.97. The lowest BCUT2D eigenvalue weighted by atomic mass is 10.1. The van der Waals surface area contributed by atoms with E-state index >= 15 is 0 Å². The van der Waals surface area contributed by atoms with Crippen molar-refractivity contribution in [3.8, 4) is 11.1 Å². The van der Waals surface area contributed by atoms with Gasteiger partial charge < -0.3 is 4.57 Å². The summed E-state index contributed by atoms with van der Waals surface area (Å²) < 4.78 is 39.1. The van der Waals surface area contributed by atoms with Gasteiger partial charge >= 0.3 is 0 Å². The highest BCUT2D eigenvalue weighted by atomic mass is 32.2. The SMILES string of the molecule is CS(=O)(=O)C(CCn1cc(F)c(-c2ccc3nccnc3c2)cc1=O)C(=O)NO. The van der Waals surface area contributed by atoms with E-state index in [4.69, 9.17) is 5.21 Å². The number of rotatable bonds is 6. The first-order valence-corrected chi connectivity index (χ1v) is 10.4. The van der Waals surface area contributed by atoms with Gasteiger partial charge in [-0.05, 0) is 24.1 Å². The van der Waals surface area contributed by atoms with Crippen molar-refractivity contribution in [3.05, 3.63) is 59.0 Å². The van der Waals surface area contributed by atoms with Crippen LogP contribution in [0.3, 0.4) is 0 Å². The number of nitrogens with one attached hydrogen (secondary N) is 1. The standard InChI is InChI=1S/C18H17FN4O5S/c1-29(27,28)16(18(25)22-26)4-7-23-10-13(19)12(9-17(23)24)11-2-3-14-15(8-11)21-6-5-20-14/h2-3,5-6,8-10,16,26H,4,7H2,1H3,(H,22,25). The van der Waals surface area contributed by atoms with Crippen molar-refractivity contribution in [1.82, 2.24) is 20.0 Å². The molecule has 0 fully saturated rings. The molecular formula is C18H17FN4O5S. The number of hydrogen-bond donors (Lipinski definition) is 2. The van der Waals surface area contributed by atoms with Gasteiger partial charge in [-0.15, -0.1) is 0 Å². The smallest absolute Gasteiger partial charge is 0.261 e. The van der Waals surface area contributed by atoms with Crippen LogP contribution in [0.5, 0.6) is 0 Å². The fourth-order valence-corrected chi connectivity index (χ4v) is 3.92. The monoisotopic (exact) mass is 420 g/mol. The number of hydrogen-bond acceptors (Lipinski definition) is 7. The molecule has 1 amide bonds. The van der Waals surface area contributed by atoms with Gasteiger partial charge in [0.1, 0.15) is 11.1 Å². The van der Waals surface area contributed by atoms with Gasteiger partial charge in [0.25, 0.3) is 11.5 Å². The number of amides is 1. The lowest BCUT2D eigenvalue weighted by molar-refractivity contribution is -0.128. The third-order valence-electron chi connectivity index (χ3n) is 4.41. The Morgan fingerprint density at radius 3 is 2.59 bits per heavy atom. The highest BCUT2D eigenvalue weighted by Crippen LogP contribution is 2.24. The van der Waals surface area contributed by atoms with E-state index in [9.17, 15) is 22.4 Å². The molecule has 0 spiro atoms. The Hall–Kier alpha value is -3.18. The second kappa shape index (κ2) is 8.05. The summed E-state index contributed by atoms with van der Waals surface area (Å²) in [6.45, 7) is -0.232.